The summed E-state index contributed by atoms with van der Waals surface area (Å²) in [6.45, 7) is 8.27. The monoisotopic (exact) mass is 224 g/mol. The minimum absolute atomic E-state index is 0.0472. The lowest BCUT2D eigenvalue weighted by atomic mass is 9.97. The lowest BCUT2D eigenvalue weighted by Crippen LogP contribution is -2.57. The van der Waals surface area contributed by atoms with Gasteiger partial charge in [0.05, 0.1) is 0 Å². The van der Waals surface area contributed by atoms with Gasteiger partial charge in [0.15, 0.2) is 0 Å². The third-order valence-electron chi connectivity index (χ3n) is 3.88. The van der Waals surface area contributed by atoms with E-state index >= 15 is 0 Å². The molecular weight excluding hydrogens is 200 g/mol. The van der Waals surface area contributed by atoms with Crippen molar-refractivity contribution in [3.8, 4) is 0 Å². The topological polar surface area (TPSA) is 32.3 Å². The first kappa shape index (κ1) is 11.9. The number of piperazine rings is 1. The Morgan fingerprint density at radius 2 is 1.88 bits per heavy atom. The number of rotatable bonds is 3. The Balaban J connectivity index is 1.99. The molecule has 2 fully saturated rings. The van der Waals surface area contributed by atoms with E-state index in [1.165, 1.54) is 0 Å². The predicted octanol–water partition coefficient (Wildman–Crippen LogP) is 1.78. The van der Waals surface area contributed by atoms with Crippen LogP contribution in [0.15, 0.2) is 0 Å². The Hall–Kier alpha value is -0.570. The second-order valence-electron chi connectivity index (χ2n) is 5.71. The minimum Gasteiger partial charge on any atom is -0.339 e. The van der Waals surface area contributed by atoms with E-state index in [0.29, 0.717) is 18.0 Å². The quantitative estimate of drug-likeness (QED) is 0.792. The maximum absolute atomic E-state index is 12.5. The van der Waals surface area contributed by atoms with Gasteiger partial charge in [0, 0.05) is 30.6 Å². The highest BCUT2D eigenvalue weighted by atomic mass is 16.2. The summed E-state index contributed by atoms with van der Waals surface area (Å²) in [6, 6.07) is 0.871. The van der Waals surface area contributed by atoms with Gasteiger partial charge in [-0.3, -0.25) is 4.79 Å². The van der Waals surface area contributed by atoms with E-state index < -0.39 is 0 Å². The van der Waals surface area contributed by atoms with Gasteiger partial charge in [-0.1, -0.05) is 13.3 Å². The van der Waals surface area contributed by atoms with E-state index in [2.05, 4.69) is 31.0 Å². The zero-order chi connectivity index (χ0) is 11.8. The maximum Gasteiger partial charge on any atom is 0.228 e. The number of hydrogen-bond acceptors (Lipinski definition) is 2. The molecule has 0 radical (unpaired) electrons. The Morgan fingerprint density at radius 1 is 1.31 bits per heavy atom. The molecule has 0 bridgehead atoms. The second-order valence-corrected chi connectivity index (χ2v) is 5.71. The third-order valence-corrected chi connectivity index (χ3v) is 3.88. The Morgan fingerprint density at radius 3 is 2.31 bits per heavy atom. The highest BCUT2D eigenvalue weighted by Crippen LogP contribution is 2.51. The molecule has 3 nitrogen and oxygen atoms in total. The first-order valence-corrected chi connectivity index (χ1v) is 6.63. The number of carbonyl (C=O) groups is 1. The molecule has 1 saturated heterocycles. The average Bonchev–Trinajstić information content (AvgIpc) is 2.97. The molecule has 1 aliphatic heterocycles. The standard InChI is InChI=1S/C13H24N2O/c1-4-5-13(6-7-13)12(16)15-8-10(2)14-11(3)9-15/h10-11,14H,4-9H2,1-3H3. The van der Waals surface area contributed by atoms with Crippen LogP contribution >= 0.6 is 0 Å². The van der Waals surface area contributed by atoms with Gasteiger partial charge >= 0.3 is 0 Å². The summed E-state index contributed by atoms with van der Waals surface area (Å²) in [5.41, 5.74) is 0.0472. The van der Waals surface area contributed by atoms with Crippen LogP contribution in [0.4, 0.5) is 0 Å². The van der Waals surface area contributed by atoms with Crippen molar-refractivity contribution in [1.82, 2.24) is 10.2 Å². The van der Waals surface area contributed by atoms with Crippen LogP contribution in [0.1, 0.15) is 46.5 Å². The first-order chi connectivity index (χ1) is 7.57. The van der Waals surface area contributed by atoms with Gasteiger partial charge in [0.2, 0.25) is 5.91 Å². The number of amides is 1. The van der Waals surface area contributed by atoms with Crippen molar-refractivity contribution in [1.29, 1.82) is 0 Å². The fourth-order valence-electron chi connectivity index (χ4n) is 3.03. The van der Waals surface area contributed by atoms with Gasteiger partial charge in [0.1, 0.15) is 0 Å². The molecule has 0 aromatic heterocycles. The summed E-state index contributed by atoms with van der Waals surface area (Å²) < 4.78 is 0. The molecule has 2 atom stereocenters. The first-order valence-electron chi connectivity index (χ1n) is 6.63. The molecule has 3 heteroatoms. The molecule has 1 N–H and O–H groups in total. The smallest absolute Gasteiger partial charge is 0.228 e. The molecule has 1 aliphatic carbocycles. The van der Waals surface area contributed by atoms with Gasteiger partial charge in [-0.2, -0.15) is 0 Å². The Labute approximate surface area is 98.6 Å². The van der Waals surface area contributed by atoms with Crippen LogP contribution in [0.5, 0.6) is 0 Å². The number of nitrogens with one attached hydrogen (secondary N) is 1. The molecule has 2 aliphatic rings. The maximum atomic E-state index is 12.5. The Kier molecular flexibility index (Phi) is 3.24. The molecule has 0 aromatic rings. The normalized spacial score (nSPS) is 32.6. The lowest BCUT2D eigenvalue weighted by Gasteiger charge is -2.38. The fourth-order valence-corrected chi connectivity index (χ4v) is 3.03. The molecule has 0 spiro atoms. The summed E-state index contributed by atoms with van der Waals surface area (Å²) in [5.74, 6) is 0.426. The van der Waals surface area contributed by atoms with Crippen LogP contribution in [0.25, 0.3) is 0 Å². The van der Waals surface area contributed by atoms with E-state index in [4.69, 9.17) is 0 Å². The molecule has 2 unspecified atom stereocenters. The summed E-state index contributed by atoms with van der Waals surface area (Å²) in [6.07, 6.45) is 4.44. The zero-order valence-corrected chi connectivity index (χ0v) is 10.8. The average molecular weight is 224 g/mol. The Bertz CT molecular complexity index is 263. The van der Waals surface area contributed by atoms with Crippen LogP contribution in [-0.4, -0.2) is 36.0 Å². The van der Waals surface area contributed by atoms with Crippen molar-refractivity contribution in [2.45, 2.75) is 58.5 Å². The number of nitrogens with zero attached hydrogens (tertiary/aromatic N) is 1. The summed E-state index contributed by atoms with van der Waals surface area (Å²) >= 11 is 0. The predicted molar refractivity (Wildman–Crippen MR) is 65.2 cm³/mol. The van der Waals surface area contributed by atoms with Crippen LogP contribution in [0.3, 0.4) is 0 Å². The number of hydrogen-bond donors (Lipinski definition) is 1. The highest BCUT2D eigenvalue weighted by molar-refractivity contribution is 5.85. The SMILES string of the molecule is CCCC1(C(=O)N2CC(C)NC(C)C2)CC1. The van der Waals surface area contributed by atoms with Crippen LogP contribution < -0.4 is 5.32 Å². The van der Waals surface area contributed by atoms with Crippen LogP contribution in [0.2, 0.25) is 0 Å². The van der Waals surface area contributed by atoms with E-state index in [-0.39, 0.29) is 5.41 Å². The molecule has 1 saturated carbocycles. The van der Waals surface area contributed by atoms with Crippen molar-refractivity contribution >= 4 is 5.91 Å². The van der Waals surface area contributed by atoms with E-state index in [1.54, 1.807) is 0 Å². The van der Waals surface area contributed by atoms with Crippen LogP contribution in [-0.2, 0) is 4.79 Å². The van der Waals surface area contributed by atoms with Crippen molar-refractivity contribution in [2.75, 3.05) is 13.1 Å². The summed E-state index contributed by atoms with van der Waals surface area (Å²) in [4.78, 5) is 14.6. The third kappa shape index (κ3) is 2.24. The van der Waals surface area contributed by atoms with Gasteiger partial charge in [-0.15, -0.1) is 0 Å². The molecule has 1 heterocycles. The largest absolute Gasteiger partial charge is 0.339 e. The molecule has 0 aromatic carbocycles. The van der Waals surface area contributed by atoms with Gasteiger partial charge in [-0.25, -0.2) is 0 Å². The molecule has 2 rings (SSSR count). The van der Waals surface area contributed by atoms with Crippen LogP contribution in [0, 0.1) is 5.41 Å². The van der Waals surface area contributed by atoms with Crippen molar-refractivity contribution < 1.29 is 4.79 Å². The van der Waals surface area contributed by atoms with Gasteiger partial charge in [-0.05, 0) is 33.1 Å². The summed E-state index contributed by atoms with van der Waals surface area (Å²) in [7, 11) is 0. The second kappa shape index (κ2) is 4.36. The van der Waals surface area contributed by atoms with Gasteiger partial charge < -0.3 is 10.2 Å². The van der Waals surface area contributed by atoms with E-state index in [1.807, 2.05) is 0 Å². The lowest BCUT2D eigenvalue weighted by molar-refractivity contribution is -0.139. The van der Waals surface area contributed by atoms with E-state index in [0.717, 1.165) is 38.8 Å². The zero-order valence-electron chi connectivity index (χ0n) is 10.8. The fraction of sp³-hybridized carbons (Fsp3) is 0.923. The highest BCUT2D eigenvalue weighted by Gasteiger charge is 2.51. The number of carbonyl (C=O) groups excluding carboxylic acids is 1. The summed E-state index contributed by atoms with van der Waals surface area (Å²) in [5, 5.41) is 3.47. The molecular formula is C13H24N2O. The van der Waals surface area contributed by atoms with Crippen molar-refractivity contribution in [2.24, 2.45) is 5.41 Å². The molecule has 16 heavy (non-hydrogen) atoms. The molecule has 1 amide bonds. The van der Waals surface area contributed by atoms with Crippen molar-refractivity contribution in [3.63, 3.8) is 0 Å². The van der Waals surface area contributed by atoms with Crippen molar-refractivity contribution in [3.05, 3.63) is 0 Å². The van der Waals surface area contributed by atoms with Gasteiger partial charge in [0.25, 0.3) is 0 Å². The van der Waals surface area contributed by atoms with E-state index in [9.17, 15) is 4.79 Å². The minimum atomic E-state index is 0.0472. The molecule has 92 valence electrons.